The number of nitrogens with one attached hydrogen (secondary N) is 1. The fraction of sp³-hybridized carbons (Fsp3) is 0.182. The van der Waals surface area contributed by atoms with Crippen LogP contribution in [0.15, 0.2) is 82.9 Å². The van der Waals surface area contributed by atoms with E-state index in [4.69, 9.17) is 15.2 Å². The minimum atomic E-state index is -0.205. The molecule has 1 aliphatic rings. The van der Waals surface area contributed by atoms with E-state index in [2.05, 4.69) is 10.3 Å². The fourth-order valence-electron chi connectivity index (χ4n) is 2.72. The van der Waals surface area contributed by atoms with Crippen molar-refractivity contribution in [3.8, 4) is 0 Å². The van der Waals surface area contributed by atoms with Gasteiger partial charge >= 0.3 is 0 Å². The third-order valence-corrected chi connectivity index (χ3v) is 5.34. The number of rotatable bonds is 7. The first-order valence-corrected chi connectivity index (χ1v) is 10.0. The molecule has 0 spiro atoms. The second-order valence-corrected chi connectivity index (χ2v) is 7.23. The molecule has 0 fully saturated rings. The van der Waals surface area contributed by atoms with Crippen molar-refractivity contribution in [2.24, 2.45) is 0 Å². The zero-order valence-electron chi connectivity index (χ0n) is 16.3. The number of hydrogen-bond donors (Lipinski definition) is 2. The highest BCUT2D eigenvalue weighted by Gasteiger charge is 2.13. The average molecular weight is 410 g/mol. The van der Waals surface area contributed by atoms with Crippen molar-refractivity contribution in [2.75, 3.05) is 25.3 Å². The van der Waals surface area contributed by atoms with Crippen LogP contribution in [-0.2, 0) is 20.0 Å². The van der Waals surface area contributed by atoms with E-state index < -0.39 is 0 Å². The van der Waals surface area contributed by atoms with Crippen molar-refractivity contribution >= 4 is 29.0 Å². The first kappa shape index (κ1) is 20.5. The van der Waals surface area contributed by atoms with Crippen LogP contribution in [0.4, 0.5) is 11.4 Å². The van der Waals surface area contributed by atoms with Crippen molar-refractivity contribution < 1.29 is 14.3 Å². The maximum absolute atomic E-state index is 12.7. The second kappa shape index (κ2) is 9.84. The average Bonchev–Trinajstić information content (AvgIpc) is 2.96. The van der Waals surface area contributed by atoms with Gasteiger partial charge in [0.1, 0.15) is 16.5 Å². The van der Waals surface area contributed by atoms with Gasteiger partial charge in [-0.3, -0.25) is 4.79 Å². The molecule has 0 atom stereocenters. The van der Waals surface area contributed by atoms with Crippen molar-refractivity contribution in [3.05, 3.63) is 83.5 Å². The molecule has 3 rings (SSSR count). The van der Waals surface area contributed by atoms with E-state index in [1.54, 1.807) is 44.3 Å². The molecular weight excluding hydrogens is 386 g/mol. The van der Waals surface area contributed by atoms with Gasteiger partial charge in [-0.2, -0.15) is 0 Å². The molecule has 7 heteroatoms. The third-order valence-electron chi connectivity index (χ3n) is 4.25. The highest BCUT2D eigenvalue weighted by Crippen LogP contribution is 2.26. The number of nitrogens with zero attached hydrogens (tertiary/aromatic N) is 1. The molecule has 0 unspecified atom stereocenters. The van der Waals surface area contributed by atoms with E-state index in [1.807, 2.05) is 42.5 Å². The molecule has 1 aromatic carbocycles. The zero-order valence-corrected chi connectivity index (χ0v) is 17.2. The number of anilines is 2. The van der Waals surface area contributed by atoms with Gasteiger partial charge in [-0.05, 0) is 35.9 Å². The number of nitrogen functional groups attached to an aromatic ring is 1. The predicted octanol–water partition coefficient (Wildman–Crippen LogP) is 4.29. The van der Waals surface area contributed by atoms with Gasteiger partial charge in [0.25, 0.3) is 5.91 Å². The summed E-state index contributed by atoms with van der Waals surface area (Å²) in [4.78, 5) is 17.0. The Morgan fingerprint density at radius 3 is 2.83 bits per heavy atom. The summed E-state index contributed by atoms with van der Waals surface area (Å²) >= 11 is 1.56. The minimum absolute atomic E-state index is 0.205. The molecule has 3 N–H and O–H groups in total. The number of thioether (sulfide) groups is 1. The molecule has 1 aliphatic carbocycles. The SMILES string of the molecule is COC1=CC(C(=O)Nc2cccc(CSc3ncccc3N)c2)=CCC(OC)=C1. The number of carbonyl (C=O) groups is 1. The van der Waals surface area contributed by atoms with Gasteiger partial charge in [-0.1, -0.05) is 30.0 Å². The Labute approximate surface area is 174 Å². The summed E-state index contributed by atoms with van der Waals surface area (Å²) in [7, 11) is 3.16. The molecular formula is C22H23N3O3S. The van der Waals surface area contributed by atoms with Crippen LogP contribution in [-0.4, -0.2) is 25.1 Å². The number of nitrogens with two attached hydrogens (primary N) is 1. The van der Waals surface area contributed by atoms with Gasteiger partial charge in [0.05, 0.1) is 19.9 Å². The maximum Gasteiger partial charge on any atom is 0.255 e. The number of hydrogen-bond acceptors (Lipinski definition) is 6. The third kappa shape index (κ3) is 5.65. The Kier molecular flexibility index (Phi) is 6.97. The summed E-state index contributed by atoms with van der Waals surface area (Å²) in [6, 6.07) is 11.4. The van der Waals surface area contributed by atoms with Crippen LogP contribution in [0.2, 0.25) is 0 Å². The molecule has 1 aromatic heterocycles. The highest BCUT2D eigenvalue weighted by molar-refractivity contribution is 7.98. The van der Waals surface area contributed by atoms with Crippen LogP contribution in [0, 0.1) is 0 Å². The number of aromatic nitrogens is 1. The quantitative estimate of drug-likeness (QED) is 0.664. The van der Waals surface area contributed by atoms with Gasteiger partial charge in [-0.25, -0.2) is 4.98 Å². The molecule has 29 heavy (non-hydrogen) atoms. The molecule has 0 radical (unpaired) electrons. The Morgan fingerprint density at radius 1 is 1.21 bits per heavy atom. The number of amides is 1. The van der Waals surface area contributed by atoms with Crippen LogP contribution in [0.3, 0.4) is 0 Å². The monoisotopic (exact) mass is 409 g/mol. The summed E-state index contributed by atoms with van der Waals surface area (Å²) in [5.74, 6) is 1.79. The van der Waals surface area contributed by atoms with Crippen LogP contribution in [0.5, 0.6) is 0 Å². The van der Waals surface area contributed by atoms with Gasteiger partial charge < -0.3 is 20.5 Å². The Morgan fingerprint density at radius 2 is 2.07 bits per heavy atom. The summed E-state index contributed by atoms with van der Waals surface area (Å²) < 4.78 is 10.6. The second-order valence-electron chi connectivity index (χ2n) is 6.27. The van der Waals surface area contributed by atoms with Crippen molar-refractivity contribution in [2.45, 2.75) is 17.2 Å². The topological polar surface area (TPSA) is 86.5 Å². The van der Waals surface area contributed by atoms with Crippen molar-refractivity contribution in [3.63, 3.8) is 0 Å². The number of benzene rings is 1. The standard InChI is InChI=1S/C22H23N3O3S/c1-27-18-9-8-16(12-19(13-18)28-2)21(26)25-17-6-3-5-15(11-17)14-29-22-20(23)7-4-10-24-22/h3-8,10-13H,9,14,23H2,1-2H3,(H,25,26). The van der Waals surface area contributed by atoms with Crippen LogP contribution in [0.25, 0.3) is 0 Å². The van der Waals surface area contributed by atoms with Gasteiger partial charge in [0.2, 0.25) is 0 Å². The molecule has 1 amide bonds. The Balaban J connectivity index is 1.67. The number of ether oxygens (including phenoxy) is 2. The number of allylic oxidation sites excluding steroid dienone is 2. The molecule has 6 nitrogen and oxygen atoms in total. The molecule has 0 bridgehead atoms. The van der Waals surface area contributed by atoms with E-state index in [0.29, 0.717) is 29.2 Å². The molecule has 0 saturated heterocycles. The van der Waals surface area contributed by atoms with E-state index in [-0.39, 0.29) is 5.91 Å². The van der Waals surface area contributed by atoms with Crippen LogP contribution < -0.4 is 11.1 Å². The van der Waals surface area contributed by atoms with Crippen LogP contribution in [0.1, 0.15) is 12.0 Å². The number of pyridine rings is 1. The molecule has 0 saturated carbocycles. The Hall–Kier alpha value is -3.19. The van der Waals surface area contributed by atoms with Gasteiger partial charge in [-0.15, -0.1) is 0 Å². The zero-order chi connectivity index (χ0) is 20.6. The molecule has 2 aromatic rings. The first-order valence-electron chi connectivity index (χ1n) is 9.03. The van der Waals surface area contributed by atoms with E-state index in [9.17, 15) is 4.79 Å². The lowest BCUT2D eigenvalue weighted by Gasteiger charge is -2.09. The van der Waals surface area contributed by atoms with E-state index in [1.165, 1.54) is 0 Å². The molecule has 0 aliphatic heterocycles. The lowest BCUT2D eigenvalue weighted by molar-refractivity contribution is -0.112. The fourth-order valence-corrected chi connectivity index (χ4v) is 3.57. The van der Waals surface area contributed by atoms with Crippen molar-refractivity contribution in [1.82, 2.24) is 4.98 Å². The number of carbonyl (C=O) groups excluding carboxylic acids is 1. The van der Waals surface area contributed by atoms with Gasteiger partial charge in [0, 0.05) is 35.7 Å². The largest absolute Gasteiger partial charge is 0.501 e. The lowest BCUT2D eigenvalue weighted by atomic mass is 10.1. The van der Waals surface area contributed by atoms with E-state index >= 15 is 0 Å². The molecule has 1 heterocycles. The van der Waals surface area contributed by atoms with E-state index in [0.717, 1.165) is 22.0 Å². The summed E-state index contributed by atoms with van der Waals surface area (Å²) in [5.41, 5.74) is 8.90. The minimum Gasteiger partial charge on any atom is -0.501 e. The summed E-state index contributed by atoms with van der Waals surface area (Å²) in [6.45, 7) is 0. The summed E-state index contributed by atoms with van der Waals surface area (Å²) in [6.07, 6.45) is 7.54. The summed E-state index contributed by atoms with van der Waals surface area (Å²) in [5, 5.41) is 3.74. The normalized spacial score (nSPS) is 13.5. The number of methoxy groups -OCH3 is 2. The highest BCUT2D eigenvalue weighted by atomic mass is 32.2. The predicted molar refractivity (Wildman–Crippen MR) is 116 cm³/mol. The van der Waals surface area contributed by atoms with Crippen molar-refractivity contribution in [1.29, 1.82) is 0 Å². The first-order chi connectivity index (χ1) is 14.1. The van der Waals surface area contributed by atoms with Gasteiger partial charge in [0.15, 0.2) is 0 Å². The Bertz CT molecular complexity index is 983. The smallest absolute Gasteiger partial charge is 0.255 e. The molecule has 150 valence electrons. The van der Waals surface area contributed by atoms with Crippen LogP contribution >= 0.6 is 11.8 Å². The maximum atomic E-state index is 12.7. The lowest BCUT2D eigenvalue weighted by Crippen LogP contribution is -2.13.